The Morgan fingerprint density at radius 2 is 1.26 bits per heavy atom. The monoisotopic (exact) mass is 358 g/mol. The maximum absolute atomic E-state index is 10.5. The van der Waals surface area contributed by atoms with Crippen LogP contribution < -0.4 is 0 Å². The van der Waals surface area contributed by atoms with Crippen molar-refractivity contribution < 1.29 is 9.90 Å². The number of carboxylic acids is 1. The first-order valence-electron chi connectivity index (χ1n) is 10.1. The fraction of sp³-hybridized carbons (Fsp3) is 0.320. The highest BCUT2D eigenvalue weighted by molar-refractivity contribution is 6.23. The number of aryl methyl sites for hydroxylation is 1. The lowest BCUT2D eigenvalue weighted by Crippen LogP contribution is -1.94. The Labute approximate surface area is 160 Å². The van der Waals surface area contributed by atoms with Gasteiger partial charge in [0.25, 0.3) is 0 Å². The average Bonchev–Trinajstić information content (AvgIpc) is 2.68. The molecule has 0 radical (unpaired) electrons. The van der Waals surface area contributed by atoms with Gasteiger partial charge in [0.1, 0.15) is 0 Å². The Kier molecular flexibility index (Phi) is 5.24. The van der Waals surface area contributed by atoms with E-state index in [2.05, 4.69) is 54.6 Å². The van der Waals surface area contributed by atoms with Gasteiger partial charge in [0, 0.05) is 6.42 Å². The van der Waals surface area contributed by atoms with Gasteiger partial charge in [-0.1, -0.05) is 80.3 Å². The van der Waals surface area contributed by atoms with Crippen molar-refractivity contribution in [1.29, 1.82) is 0 Å². The van der Waals surface area contributed by atoms with E-state index in [0.717, 1.165) is 25.7 Å². The summed E-state index contributed by atoms with van der Waals surface area (Å²) in [6.45, 7) is 0. The van der Waals surface area contributed by atoms with Gasteiger partial charge < -0.3 is 5.11 Å². The molecule has 0 aliphatic heterocycles. The molecule has 0 heterocycles. The van der Waals surface area contributed by atoms with Gasteiger partial charge in [0.2, 0.25) is 0 Å². The minimum Gasteiger partial charge on any atom is -0.481 e. The number of unbranched alkanes of at least 4 members (excludes halogenated alkanes) is 5. The first kappa shape index (κ1) is 17.8. The fourth-order valence-electron chi connectivity index (χ4n) is 4.31. The number of hydrogen-bond donors (Lipinski definition) is 1. The lowest BCUT2D eigenvalue weighted by atomic mass is 9.90. The van der Waals surface area contributed by atoms with Crippen molar-refractivity contribution in [1.82, 2.24) is 0 Å². The van der Waals surface area contributed by atoms with Crippen molar-refractivity contribution in [3.63, 3.8) is 0 Å². The molecule has 0 spiro atoms. The largest absolute Gasteiger partial charge is 0.481 e. The highest BCUT2D eigenvalue weighted by Gasteiger charge is 2.10. The van der Waals surface area contributed by atoms with E-state index in [4.69, 9.17) is 5.11 Å². The van der Waals surface area contributed by atoms with E-state index < -0.39 is 5.97 Å². The van der Waals surface area contributed by atoms with Crippen molar-refractivity contribution in [3.05, 3.63) is 60.2 Å². The SMILES string of the molecule is O=C(O)CCCCCCCCc1ccc2ccc3cccc4ccc1c2c34. The number of benzene rings is 4. The molecule has 4 rings (SSSR count). The molecule has 2 nitrogen and oxygen atoms in total. The zero-order valence-corrected chi connectivity index (χ0v) is 15.7. The van der Waals surface area contributed by atoms with Crippen LogP contribution in [0.2, 0.25) is 0 Å². The predicted molar refractivity (Wildman–Crippen MR) is 114 cm³/mol. The molecule has 0 fully saturated rings. The van der Waals surface area contributed by atoms with Crippen LogP contribution in [0.15, 0.2) is 54.6 Å². The van der Waals surface area contributed by atoms with Gasteiger partial charge in [-0.15, -0.1) is 0 Å². The van der Waals surface area contributed by atoms with Crippen LogP contribution in [0.3, 0.4) is 0 Å². The van der Waals surface area contributed by atoms with Gasteiger partial charge in [-0.05, 0) is 57.1 Å². The number of carboxylic acid groups (broad SMARTS) is 1. The van der Waals surface area contributed by atoms with Crippen LogP contribution in [0, 0.1) is 0 Å². The van der Waals surface area contributed by atoms with Crippen LogP contribution >= 0.6 is 0 Å². The molecular weight excluding hydrogens is 332 g/mol. The summed E-state index contributed by atoms with van der Waals surface area (Å²) in [6.07, 6.45) is 8.02. The third kappa shape index (κ3) is 3.75. The Bertz CT molecular complexity index is 1050. The Morgan fingerprint density at radius 3 is 2.00 bits per heavy atom. The lowest BCUT2D eigenvalue weighted by molar-refractivity contribution is -0.137. The summed E-state index contributed by atoms with van der Waals surface area (Å²) in [5.41, 5.74) is 1.45. The highest BCUT2D eigenvalue weighted by Crippen LogP contribution is 2.36. The number of carbonyl (C=O) groups is 1. The molecule has 0 saturated heterocycles. The van der Waals surface area contributed by atoms with Crippen LogP contribution in [0.5, 0.6) is 0 Å². The minimum absolute atomic E-state index is 0.308. The van der Waals surface area contributed by atoms with Crippen molar-refractivity contribution in [2.24, 2.45) is 0 Å². The molecule has 0 saturated carbocycles. The van der Waals surface area contributed by atoms with Gasteiger partial charge in [0.15, 0.2) is 0 Å². The van der Waals surface area contributed by atoms with Crippen LogP contribution in [-0.4, -0.2) is 11.1 Å². The average molecular weight is 358 g/mol. The molecule has 0 aromatic heterocycles. The number of hydrogen-bond acceptors (Lipinski definition) is 1. The normalized spacial score (nSPS) is 11.7. The molecule has 27 heavy (non-hydrogen) atoms. The molecule has 2 heteroatoms. The molecule has 0 aliphatic rings. The summed E-state index contributed by atoms with van der Waals surface area (Å²) in [5, 5.41) is 16.9. The summed E-state index contributed by atoms with van der Waals surface area (Å²) < 4.78 is 0. The molecule has 0 unspecified atom stereocenters. The van der Waals surface area contributed by atoms with Crippen LogP contribution in [0.4, 0.5) is 0 Å². The van der Waals surface area contributed by atoms with E-state index in [-0.39, 0.29) is 0 Å². The molecular formula is C25H26O2. The Hall–Kier alpha value is -2.61. The standard InChI is InChI=1S/C25H26O2/c26-23(27)11-6-4-2-1-3-5-8-18-12-13-21-15-14-19-9-7-10-20-16-17-22(18)25(21)24(19)20/h7,9-10,12-17H,1-6,8,11H2,(H,26,27). The van der Waals surface area contributed by atoms with Gasteiger partial charge in [-0.2, -0.15) is 0 Å². The molecule has 0 bridgehead atoms. The summed E-state index contributed by atoms with van der Waals surface area (Å²) in [6, 6.07) is 20.2. The highest BCUT2D eigenvalue weighted by atomic mass is 16.4. The summed E-state index contributed by atoms with van der Waals surface area (Å²) in [5.74, 6) is -0.677. The second kappa shape index (κ2) is 7.96. The van der Waals surface area contributed by atoms with E-state index >= 15 is 0 Å². The Morgan fingerprint density at radius 1 is 0.667 bits per heavy atom. The first-order chi connectivity index (χ1) is 13.2. The zero-order valence-electron chi connectivity index (χ0n) is 15.7. The van der Waals surface area contributed by atoms with Gasteiger partial charge >= 0.3 is 5.97 Å². The third-order valence-corrected chi connectivity index (χ3v) is 5.71. The molecule has 0 amide bonds. The predicted octanol–water partition coefficient (Wildman–Crippen LogP) is 6.94. The fourth-order valence-corrected chi connectivity index (χ4v) is 4.31. The van der Waals surface area contributed by atoms with Crippen molar-refractivity contribution in [3.8, 4) is 0 Å². The third-order valence-electron chi connectivity index (χ3n) is 5.71. The van der Waals surface area contributed by atoms with E-state index in [1.54, 1.807) is 0 Å². The molecule has 1 N–H and O–H groups in total. The first-order valence-corrected chi connectivity index (χ1v) is 10.1. The minimum atomic E-state index is -0.677. The number of rotatable bonds is 9. The quantitative estimate of drug-likeness (QED) is 0.260. The number of aliphatic carboxylic acids is 1. The maximum atomic E-state index is 10.5. The second-order valence-electron chi connectivity index (χ2n) is 7.60. The van der Waals surface area contributed by atoms with E-state index in [1.165, 1.54) is 57.1 Å². The molecule has 4 aromatic carbocycles. The van der Waals surface area contributed by atoms with Crippen molar-refractivity contribution >= 4 is 38.3 Å². The molecule has 4 aromatic rings. The molecule has 138 valence electrons. The van der Waals surface area contributed by atoms with Gasteiger partial charge in [-0.3, -0.25) is 4.79 Å². The van der Waals surface area contributed by atoms with Crippen LogP contribution in [0.1, 0.15) is 50.5 Å². The summed E-state index contributed by atoms with van der Waals surface area (Å²) in [4.78, 5) is 10.5. The lowest BCUT2D eigenvalue weighted by Gasteiger charge is -2.14. The molecule has 0 aliphatic carbocycles. The van der Waals surface area contributed by atoms with Crippen LogP contribution in [0.25, 0.3) is 32.3 Å². The van der Waals surface area contributed by atoms with E-state index in [0.29, 0.717) is 6.42 Å². The second-order valence-corrected chi connectivity index (χ2v) is 7.60. The molecule has 0 atom stereocenters. The van der Waals surface area contributed by atoms with Crippen LogP contribution in [-0.2, 0) is 11.2 Å². The van der Waals surface area contributed by atoms with E-state index in [1.807, 2.05) is 0 Å². The summed E-state index contributed by atoms with van der Waals surface area (Å²) >= 11 is 0. The van der Waals surface area contributed by atoms with Gasteiger partial charge in [0.05, 0.1) is 0 Å². The Balaban J connectivity index is 1.44. The zero-order chi connectivity index (χ0) is 18.6. The van der Waals surface area contributed by atoms with Crippen molar-refractivity contribution in [2.45, 2.75) is 51.4 Å². The topological polar surface area (TPSA) is 37.3 Å². The van der Waals surface area contributed by atoms with E-state index in [9.17, 15) is 4.79 Å². The van der Waals surface area contributed by atoms with Gasteiger partial charge in [-0.25, -0.2) is 0 Å². The smallest absolute Gasteiger partial charge is 0.303 e. The maximum Gasteiger partial charge on any atom is 0.303 e. The summed E-state index contributed by atoms with van der Waals surface area (Å²) in [7, 11) is 0. The van der Waals surface area contributed by atoms with Crippen molar-refractivity contribution in [2.75, 3.05) is 0 Å².